The highest BCUT2D eigenvalue weighted by Gasteiger charge is 2.20. The van der Waals surface area contributed by atoms with Gasteiger partial charge in [0.1, 0.15) is 0 Å². The first-order valence-corrected chi connectivity index (χ1v) is 9.87. The summed E-state index contributed by atoms with van der Waals surface area (Å²) in [6.07, 6.45) is 2.22. The number of benzene rings is 1. The second-order valence-electron chi connectivity index (χ2n) is 5.99. The van der Waals surface area contributed by atoms with Crippen molar-refractivity contribution in [1.29, 1.82) is 0 Å². The predicted octanol–water partition coefficient (Wildman–Crippen LogP) is 3.86. The zero-order chi connectivity index (χ0) is 16.1. The topological polar surface area (TPSA) is 32.3 Å². The van der Waals surface area contributed by atoms with Crippen molar-refractivity contribution >= 4 is 29.0 Å². The lowest BCUT2D eigenvalue weighted by Gasteiger charge is -2.30. The molecule has 3 nitrogen and oxygen atoms in total. The average molecular weight is 347 g/mol. The Kier molecular flexibility index (Phi) is 5.75. The van der Waals surface area contributed by atoms with Crippen molar-refractivity contribution in [2.24, 2.45) is 0 Å². The van der Waals surface area contributed by atoms with Crippen LogP contribution in [0, 0.1) is 0 Å². The Morgan fingerprint density at radius 3 is 3.04 bits per heavy atom. The third-order valence-corrected chi connectivity index (χ3v) is 5.94. The van der Waals surface area contributed by atoms with Crippen LogP contribution in [0.2, 0.25) is 0 Å². The van der Waals surface area contributed by atoms with E-state index < -0.39 is 0 Å². The van der Waals surface area contributed by atoms with E-state index in [1.54, 1.807) is 23.1 Å². The number of carbonyl (C=O) groups excluding carboxylic acids is 1. The van der Waals surface area contributed by atoms with E-state index in [-0.39, 0.29) is 11.9 Å². The third kappa shape index (κ3) is 4.59. The maximum absolute atomic E-state index is 12.7. The minimum atomic E-state index is 0.0544. The van der Waals surface area contributed by atoms with Gasteiger partial charge in [0.05, 0.1) is 5.56 Å². The summed E-state index contributed by atoms with van der Waals surface area (Å²) in [5.74, 6) is 0.957. The molecule has 2 aromatic rings. The van der Waals surface area contributed by atoms with Gasteiger partial charge in [-0.15, -0.1) is 11.8 Å². The van der Waals surface area contributed by atoms with E-state index in [1.165, 1.54) is 5.56 Å². The molecule has 3 rings (SSSR count). The Morgan fingerprint density at radius 1 is 1.39 bits per heavy atom. The first-order valence-electron chi connectivity index (χ1n) is 7.94. The number of nitrogens with zero attached hydrogens (tertiary/aromatic N) is 1. The molecular weight excluding hydrogens is 324 g/mol. The lowest BCUT2D eigenvalue weighted by molar-refractivity contribution is 0.0909. The summed E-state index contributed by atoms with van der Waals surface area (Å²) in [6.45, 7) is 2.06. The highest BCUT2D eigenvalue weighted by molar-refractivity contribution is 7.98. The monoisotopic (exact) mass is 346 g/mol. The van der Waals surface area contributed by atoms with Crippen LogP contribution >= 0.6 is 23.1 Å². The number of likely N-dealkylation sites (N-methyl/N-ethyl adjacent to an activating group) is 1. The normalized spacial score (nSPS) is 18.7. The number of thioether (sulfide) groups is 1. The van der Waals surface area contributed by atoms with Gasteiger partial charge in [-0.05, 0) is 61.0 Å². The Balaban J connectivity index is 1.65. The summed E-state index contributed by atoms with van der Waals surface area (Å²) in [4.78, 5) is 16.0. The highest BCUT2D eigenvalue weighted by Crippen LogP contribution is 2.27. The number of hydrogen-bond acceptors (Lipinski definition) is 4. The number of likely N-dealkylation sites (tertiary alicyclic amines) is 1. The van der Waals surface area contributed by atoms with Gasteiger partial charge in [0, 0.05) is 23.2 Å². The summed E-state index contributed by atoms with van der Waals surface area (Å²) in [5.41, 5.74) is 2.10. The van der Waals surface area contributed by atoms with E-state index in [0.29, 0.717) is 0 Å². The van der Waals surface area contributed by atoms with Gasteiger partial charge >= 0.3 is 0 Å². The fourth-order valence-corrected chi connectivity index (χ4v) is 4.63. The molecule has 23 heavy (non-hydrogen) atoms. The van der Waals surface area contributed by atoms with Crippen molar-refractivity contribution in [2.75, 3.05) is 20.1 Å². The molecule has 1 saturated heterocycles. The van der Waals surface area contributed by atoms with Gasteiger partial charge in [-0.3, -0.25) is 4.79 Å². The lowest BCUT2D eigenvalue weighted by atomic mass is 10.1. The van der Waals surface area contributed by atoms with E-state index in [0.717, 1.165) is 42.1 Å². The number of thiophene rings is 1. The number of amides is 1. The molecule has 0 spiro atoms. The standard InChI is InChI=1S/C18H22N2OS2/c1-20-9-4-5-15(11-20)19-18(21)16-6-2-3-7-17(16)23-13-14-8-10-22-12-14/h2-3,6-8,10,12,15H,4-5,9,11,13H2,1H3,(H,19,21)/t15-/m0/s1. The fraction of sp³-hybridized carbons (Fsp3) is 0.389. The summed E-state index contributed by atoms with van der Waals surface area (Å²) in [6, 6.07) is 10.3. The van der Waals surface area contributed by atoms with Crippen molar-refractivity contribution in [3.8, 4) is 0 Å². The van der Waals surface area contributed by atoms with Crippen LogP contribution in [-0.4, -0.2) is 37.0 Å². The fourth-order valence-electron chi connectivity index (χ4n) is 2.86. The van der Waals surface area contributed by atoms with Crippen molar-refractivity contribution in [3.63, 3.8) is 0 Å². The summed E-state index contributed by atoms with van der Waals surface area (Å²) in [5, 5.41) is 7.46. The number of nitrogens with one attached hydrogen (secondary N) is 1. The van der Waals surface area contributed by atoms with Crippen LogP contribution in [0.1, 0.15) is 28.8 Å². The minimum absolute atomic E-state index is 0.0544. The molecule has 1 fully saturated rings. The van der Waals surface area contributed by atoms with Crippen LogP contribution in [-0.2, 0) is 5.75 Å². The smallest absolute Gasteiger partial charge is 0.252 e. The molecule has 0 saturated carbocycles. The molecule has 1 aromatic heterocycles. The first-order chi connectivity index (χ1) is 11.2. The quantitative estimate of drug-likeness (QED) is 0.834. The SMILES string of the molecule is CN1CCC[C@H](NC(=O)c2ccccc2SCc2ccsc2)C1. The van der Waals surface area contributed by atoms with Crippen LogP contribution in [0.15, 0.2) is 46.0 Å². The van der Waals surface area contributed by atoms with Crippen molar-refractivity contribution in [1.82, 2.24) is 10.2 Å². The minimum Gasteiger partial charge on any atom is -0.348 e. The molecule has 2 heterocycles. The van der Waals surface area contributed by atoms with Gasteiger partial charge < -0.3 is 10.2 Å². The van der Waals surface area contributed by atoms with E-state index in [9.17, 15) is 4.79 Å². The summed E-state index contributed by atoms with van der Waals surface area (Å²) < 4.78 is 0. The van der Waals surface area contributed by atoms with Gasteiger partial charge in [0.2, 0.25) is 0 Å². The van der Waals surface area contributed by atoms with E-state index >= 15 is 0 Å². The largest absolute Gasteiger partial charge is 0.348 e. The molecule has 5 heteroatoms. The van der Waals surface area contributed by atoms with Crippen LogP contribution in [0.4, 0.5) is 0 Å². The molecule has 1 aliphatic heterocycles. The molecule has 1 amide bonds. The van der Waals surface area contributed by atoms with E-state index in [4.69, 9.17) is 0 Å². The first kappa shape index (κ1) is 16.6. The Hall–Kier alpha value is -1.30. The predicted molar refractivity (Wildman–Crippen MR) is 98.3 cm³/mol. The van der Waals surface area contributed by atoms with Gasteiger partial charge in [0.25, 0.3) is 5.91 Å². The number of rotatable bonds is 5. The molecule has 0 radical (unpaired) electrons. The molecule has 0 aliphatic carbocycles. The second kappa shape index (κ2) is 7.99. The molecular formula is C18H22N2OS2. The Bertz CT molecular complexity index is 642. The zero-order valence-corrected chi connectivity index (χ0v) is 15.0. The molecule has 0 unspecified atom stereocenters. The highest BCUT2D eigenvalue weighted by atomic mass is 32.2. The molecule has 0 bridgehead atoms. The summed E-state index contributed by atoms with van der Waals surface area (Å²) in [7, 11) is 2.11. The van der Waals surface area contributed by atoms with Crippen molar-refractivity contribution in [2.45, 2.75) is 29.5 Å². The molecule has 1 aliphatic rings. The van der Waals surface area contributed by atoms with Gasteiger partial charge in [-0.1, -0.05) is 12.1 Å². The summed E-state index contributed by atoms with van der Waals surface area (Å²) >= 11 is 3.44. The average Bonchev–Trinajstić information content (AvgIpc) is 3.06. The van der Waals surface area contributed by atoms with Gasteiger partial charge in [-0.25, -0.2) is 0 Å². The third-order valence-electron chi connectivity index (χ3n) is 4.07. The van der Waals surface area contributed by atoms with Gasteiger partial charge in [0.15, 0.2) is 0 Å². The van der Waals surface area contributed by atoms with Gasteiger partial charge in [-0.2, -0.15) is 11.3 Å². The zero-order valence-electron chi connectivity index (χ0n) is 13.3. The van der Waals surface area contributed by atoms with Crippen molar-refractivity contribution < 1.29 is 4.79 Å². The maximum Gasteiger partial charge on any atom is 0.252 e. The Morgan fingerprint density at radius 2 is 2.26 bits per heavy atom. The van der Waals surface area contributed by atoms with Crippen LogP contribution < -0.4 is 5.32 Å². The van der Waals surface area contributed by atoms with Crippen LogP contribution in [0.5, 0.6) is 0 Å². The second-order valence-corrected chi connectivity index (χ2v) is 7.79. The maximum atomic E-state index is 12.7. The van der Waals surface area contributed by atoms with Crippen LogP contribution in [0.25, 0.3) is 0 Å². The number of hydrogen-bond donors (Lipinski definition) is 1. The molecule has 122 valence electrons. The molecule has 1 atom stereocenters. The molecule has 1 N–H and O–H groups in total. The Labute approximate surface area is 146 Å². The van der Waals surface area contributed by atoms with Crippen LogP contribution in [0.3, 0.4) is 0 Å². The lowest BCUT2D eigenvalue weighted by Crippen LogP contribution is -2.46. The van der Waals surface area contributed by atoms with E-state index in [1.807, 2.05) is 24.3 Å². The molecule has 1 aromatic carbocycles. The number of carbonyl (C=O) groups is 1. The van der Waals surface area contributed by atoms with Crippen molar-refractivity contribution in [3.05, 3.63) is 52.2 Å². The number of piperidine rings is 1. The van der Waals surface area contributed by atoms with E-state index in [2.05, 4.69) is 34.1 Å².